The molecule has 0 atom stereocenters. The molecule has 4 rings (SSSR count). The number of aromatic nitrogens is 6. The Bertz CT molecular complexity index is 1100. The van der Waals surface area contributed by atoms with Gasteiger partial charge in [-0.3, -0.25) is 9.48 Å². The topological polar surface area (TPSA) is 93.2 Å². The fraction of sp³-hybridized carbons (Fsp3) is 0.550. The lowest BCUT2D eigenvalue weighted by atomic mass is 9.96. The second-order valence-corrected chi connectivity index (χ2v) is 8.04. The molecule has 0 unspecified atom stereocenters. The molecule has 0 radical (unpaired) electrons. The number of carbonyl (C=O) groups is 1. The van der Waals surface area contributed by atoms with E-state index in [2.05, 4.69) is 25.7 Å². The van der Waals surface area contributed by atoms with Gasteiger partial charge < -0.3 is 10.2 Å². The van der Waals surface area contributed by atoms with Crippen LogP contribution in [0.15, 0.2) is 18.2 Å². The van der Waals surface area contributed by atoms with Crippen LogP contribution in [0.2, 0.25) is 0 Å². The summed E-state index contributed by atoms with van der Waals surface area (Å²) in [6.45, 7) is 6.34. The largest absolute Gasteiger partial charge is 0.453 e. The molecule has 3 aromatic rings. The number of piperidine rings is 1. The fourth-order valence-corrected chi connectivity index (χ4v) is 3.98. The summed E-state index contributed by atoms with van der Waals surface area (Å²) >= 11 is 0. The van der Waals surface area contributed by atoms with Crippen LogP contribution < -0.4 is 10.2 Å². The van der Waals surface area contributed by atoms with E-state index in [-0.39, 0.29) is 17.5 Å². The molecule has 9 nitrogen and oxygen atoms in total. The molecule has 172 valence electrons. The van der Waals surface area contributed by atoms with Gasteiger partial charge in [-0.1, -0.05) is 0 Å². The van der Waals surface area contributed by atoms with Gasteiger partial charge in [-0.05, 0) is 51.3 Å². The summed E-state index contributed by atoms with van der Waals surface area (Å²) in [5, 5.41) is 18.2. The number of rotatable bonds is 6. The van der Waals surface area contributed by atoms with Crippen molar-refractivity contribution >= 4 is 17.4 Å². The molecule has 3 aromatic heterocycles. The minimum Gasteiger partial charge on any atom is -0.356 e. The van der Waals surface area contributed by atoms with E-state index in [4.69, 9.17) is 0 Å². The first kappa shape index (κ1) is 22.0. The highest BCUT2D eigenvalue weighted by molar-refractivity contribution is 5.78. The monoisotopic (exact) mass is 450 g/mol. The molecule has 1 aliphatic heterocycles. The minimum atomic E-state index is -4.63. The molecule has 1 saturated heterocycles. The molecular formula is C20H25F3N8O. The molecule has 0 saturated carbocycles. The van der Waals surface area contributed by atoms with Gasteiger partial charge in [-0.25, -0.2) is 0 Å². The van der Waals surface area contributed by atoms with Gasteiger partial charge in [-0.2, -0.15) is 22.8 Å². The Labute approximate surface area is 182 Å². The second-order valence-electron chi connectivity index (χ2n) is 8.04. The van der Waals surface area contributed by atoms with E-state index in [1.807, 2.05) is 29.5 Å². The second kappa shape index (κ2) is 8.75. The normalized spacial score (nSPS) is 15.5. The first-order chi connectivity index (χ1) is 15.2. The lowest BCUT2D eigenvalue weighted by Gasteiger charge is -2.32. The maximum absolute atomic E-state index is 13.1. The average Bonchev–Trinajstić information content (AvgIpc) is 3.33. The van der Waals surface area contributed by atoms with Gasteiger partial charge in [0.15, 0.2) is 5.65 Å². The molecule has 0 bridgehead atoms. The highest BCUT2D eigenvalue weighted by Crippen LogP contribution is 2.28. The standard InChI is InChI=1S/C20H25F3N8O/c1-13-12-14(2)30(27-13)9-3-8-24-18(32)15-6-10-29(11-7-15)17-5-4-16-25-26-19(20(21,22)23)31(16)28-17/h4-5,12,15H,3,6-11H2,1-2H3,(H,24,32). The Morgan fingerprint density at radius 1 is 1.16 bits per heavy atom. The van der Waals surface area contributed by atoms with Crippen LogP contribution in [-0.2, 0) is 17.5 Å². The molecule has 4 heterocycles. The number of nitrogens with one attached hydrogen (secondary N) is 1. The smallest absolute Gasteiger partial charge is 0.356 e. The molecule has 32 heavy (non-hydrogen) atoms. The van der Waals surface area contributed by atoms with Crippen molar-refractivity contribution in [1.82, 2.24) is 34.9 Å². The lowest BCUT2D eigenvalue weighted by Crippen LogP contribution is -2.41. The summed E-state index contributed by atoms with van der Waals surface area (Å²) in [4.78, 5) is 14.4. The first-order valence-electron chi connectivity index (χ1n) is 10.6. The summed E-state index contributed by atoms with van der Waals surface area (Å²) in [5.41, 5.74) is 2.11. The number of aryl methyl sites for hydroxylation is 3. The van der Waals surface area contributed by atoms with Gasteiger partial charge in [0.2, 0.25) is 5.91 Å². The third-order valence-electron chi connectivity index (χ3n) is 5.64. The molecule has 1 aliphatic rings. The molecule has 0 aromatic carbocycles. The minimum absolute atomic E-state index is 0.0135. The van der Waals surface area contributed by atoms with Crippen LogP contribution >= 0.6 is 0 Å². The molecule has 1 amide bonds. The van der Waals surface area contributed by atoms with Crippen LogP contribution in [0.1, 0.15) is 36.5 Å². The molecular weight excluding hydrogens is 425 g/mol. The quantitative estimate of drug-likeness (QED) is 0.580. The summed E-state index contributed by atoms with van der Waals surface area (Å²) in [6.07, 6.45) is -2.63. The average molecular weight is 450 g/mol. The maximum Gasteiger partial charge on any atom is 0.453 e. The number of hydrogen-bond acceptors (Lipinski definition) is 6. The van der Waals surface area contributed by atoms with Gasteiger partial charge in [0.05, 0.1) is 5.69 Å². The van der Waals surface area contributed by atoms with E-state index < -0.39 is 12.0 Å². The van der Waals surface area contributed by atoms with E-state index in [1.54, 1.807) is 6.07 Å². The molecule has 0 spiro atoms. The zero-order valence-electron chi connectivity index (χ0n) is 17.9. The van der Waals surface area contributed by atoms with Crippen LogP contribution in [0, 0.1) is 19.8 Å². The van der Waals surface area contributed by atoms with Crippen molar-refractivity contribution in [3.8, 4) is 0 Å². The fourth-order valence-electron chi connectivity index (χ4n) is 3.98. The van der Waals surface area contributed by atoms with E-state index in [0.29, 0.717) is 38.3 Å². The van der Waals surface area contributed by atoms with Crippen molar-refractivity contribution in [2.45, 2.75) is 45.8 Å². The van der Waals surface area contributed by atoms with Crippen LogP contribution in [-0.4, -0.2) is 55.1 Å². The zero-order chi connectivity index (χ0) is 22.9. The Morgan fingerprint density at radius 3 is 2.56 bits per heavy atom. The summed E-state index contributed by atoms with van der Waals surface area (Å²) in [7, 11) is 0. The summed E-state index contributed by atoms with van der Waals surface area (Å²) in [5.74, 6) is -0.848. The number of alkyl halides is 3. The molecule has 1 N–H and O–H groups in total. The zero-order valence-corrected chi connectivity index (χ0v) is 17.9. The predicted octanol–water partition coefficient (Wildman–Crippen LogP) is 2.38. The molecule has 12 heteroatoms. The Balaban J connectivity index is 1.28. The van der Waals surface area contributed by atoms with Crippen LogP contribution in [0.25, 0.3) is 5.65 Å². The maximum atomic E-state index is 13.1. The van der Waals surface area contributed by atoms with Crippen LogP contribution in [0.5, 0.6) is 0 Å². The third-order valence-corrected chi connectivity index (χ3v) is 5.64. The number of nitrogens with zero attached hydrogens (tertiary/aromatic N) is 7. The number of carbonyl (C=O) groups excluding carboxylic acids is 1. The summed E-state index contributed by atoms with van der Waals surface area (Å²) in [6, 6.07) is 5.11. The third kappa shape index (κ3) is 4.68. The number of anilines is 1. The summed E-state index contributed by atoms with van der Waals surface area (Å²) < 4.78 is 41.9. The SMILES string of the molecule is Cc1cc(C)n(CCCNC(=O)C2CCN(c3ccc4nnc(C(F)(F)F)n4n3)CC2)n1. The van der Waals surface area contributed by atoms with Crippen molar-refractivity contribution in [2.75, 3.05) is 24.5 Å². The number of fused-ring (bicyclic) bond motifs is 1. The first-order valence-corrected chi connectivity index (χ1v) is 10.6. The highest BCUT2D eigenvalue weighted by Gasteiger charge is 2.38. The van der Waals surface area contributed by atoms with E-state index >= 15 is 0 Å². The van der Waals surface area contributed by atoms with Crippen molar-refractivity contribution < 1.29 is 18.0 Å². The Kier molecular flexibility index (Phi) is 6.02. The van der Waals surface area contributed by atoms with Crippen LogP contribution in [0.3, 0.4) is 0 Å². The number of amides is 1. The van der Waals surface area contributed by atoms with Crippen molar-refractivity contribution in [3.05, 3.63) is 35.4 Å². The van der Waals surface area contributed by atoms with Crippen molar-refractivity contribution in [3.63, 3.8) is 0 Å². The number of hydrogen-bond donors (Lipinski definition) is 1. The van der Waals surface area contributed by atoms with Crippen molar-refractivity contribution in [1.29, 1.82) is 0 Å². The van der Waals surface area contributed by atoms with Gasteiger partial charge in [-0.15, -0.1) is 15.3 Å². The van der Waals surface area contributed by atoms with Crippen molar-refractivity contribution in [2.24, 2.45) is 5.92 Å². The van der Waals surface area contributed by atoms with E-state index in [9.17, 15) is 18.0 Å². The number of halogens is 3. The Hall–Kier alpha value is -3.18. The van der Waals surface area contributed by atoms with E-state index in [1.165, 1.54) is 6.07 Å². The Morgan fingerprint density at radius 2 is 1.91 bits per heavy atom. The highest BCUT2D eigenvalue weighted by atomic mass is 19.4. The van der Waals surface area contributed by atoms with Gasteiger partial charge in [0, 0.05) is 37.8 Å². The van der Waals surface area contributed by atoms with Gasteiger partial charge >= 0.3 is 6.18 Å². The van der Waals surface area contributed by atoms with Gasteiger partial charge in [0.1, 0.15) is 5.82 Å². The van der Waals surface area contributed by atoms with Crippen LogP contribution in [0.4, 0.5) is 19.0 Å². The predicted molar refractivity (Wildman–Crippen MR) is 110 cm³/mol. The molecule has 1 fully saturated rings. The molecule has 0 aliphatic carbocycles. The lowest BCUT2D eigenvalue weighted by molar-refractivity contribution is -0.146. The van der Waals surface area contributed by atoms with Gasteiger partial charge in [0.25, 0.3) is 5.82 Å². The van der Waals surface area contributed by atoms with E-state index in [0.717, 1.165) is 28.9 Å².